The van der Waals surface area contributed by atoms with Crippen molar-refractivity contribution in [2.75, 3.05) is 13.2 Å². The number of esters is 1. The fourth-order valence-corrected chi connectivity index (χ4v) is 3.30. The first-order valence-corrected chi connectivity index (χ1v) is 8.05. The minimum absolute atomic E-state index is 0.239. The van der Waals surface area contributed by atoms with Crippen LogP contribution in [-0.4, -0.2) is 30.0 Å². The molecule has 1 aromatic carbocycles. The average Bonchev–Trinajstić information content (AvgIpc) is 2.88. The van der Waals surface area contributed by atoms with Crippen molar-refractivity contribution >= 4 is 49.4 Å². The lowest BCUT2D eigenvalue weighted by atomic mass is 10.1. The summed E-state index contributed by atoms with van der Waals surface area (Å²) in [5.41, 5.74) is 0.724. The quantitative estimate of drug-likeness (QED) is 0.802. The number of thiazole rings is 1. The van der Waals surface area contributed by atoms with Crippen LogP contribution in [0.15, 0.2) is 22.7 Å². The summed E-state index contributed by atoms with van der Waals surface area (Å²) in [7, 11) is 0. The van der Waals surface area contributed by atoms with Crippen LogP contribution in [0.25, 0.3) is 10.2 Å². The molecule has 0 aliphatic rings. The number of halogens is 1. The van der Waals surface area contributed by atoms with Crippen molar-refractivity contribution in [3.8, 4) is 6.07 Å². The van der Waals surface area contributed by atoms with Crippen molar-refractivity contribution in [2.45, 2.75) is 12.8 Å². The lowest BCUT2D eigenvalue weighted by Crippen LogP contribution is -2.34. The molecule has 1 aromatic heterocycles. The molecule has 0 aliphatic carbocycles. The molecule has 22 heavy (non-hydrogen) atoms. The highest BCUT2D eigenvalue weighted by atomic mass is 79.9. The summed E-state index contributed by atoms with van der Waals surface area (Å²) in [6.07, 6.45) is 0. The summed E-state index contributed by atoms with van der Waals surface area (Å²) in [5.74, 6) is -2.15. The second-order valence-electron chi connectivity index (χ2n) is 4.25. The van der Waals surface area contributed by atoms with E-state index in [1.165, 1.54) is 11.3 Å². The summed E-state index contributed by atoms with van der Waals surface area (Å²) in [6, 6.07) is 7.45. The molecule has 0 saturated carbocycles. The SMILES string of the molecule is CCOC(=O)CNC(=O)C(C#N)c1nc2ccc(Br)cc2s1. The number of nitrogens with zero attached hydrogens (tertiary/aromatic N) is 2. The molecule has 1 unspecified atom stereocenters. The predicted octanol–water partition coefficient (Wildman–Crippen LogP) is 2.35. The second-order valence-corrected chi connectivity index (χ2v) is 6.23. The van der Waals surface area contributed by atoms with Crippen molar-refractivity contribution in [3.63, 3.8) is 0 Å². The lowest BCUT2D eigenvalue weighted by Gasteiger charge is -2.07. The third-order valence-electron chi connectivity index (χ3n) is 2.72. The standard InChI is InChI=1S/C14H12BrN3O3S/c1-2-21-12(19)7-17-13(20)9(6-16)14-18-10-4-3-8(15)5-11(10)22-14/h3-5,9H,2,7H2,1H3,(H,17,20). The van der Waals surface area contributed by atoms with Crippen LogP contribution in [0, 0.1) is 11.3 Å². The molecular weight excluding hydrogens is 370 g/mol. The summed E-state index contributed by atoms with van der Waals surface area (Å²) in [6.45, 7) is 1.65. The first-order chi connectivity index (χ1) is 10.5. The van der Waals surface area contributed by atoms with Gasteiger partial charge in [0.05, 0.1) is 22.9 Å². The zero-order valence-corrected chi connectivity index (χ0v) is 14.0. The fourth-order valence-electron chi connectivity index (χ4n) is 1.74. The van der Waals surface area contributed by atoms with Crippen LogP contribution < -0.4 is 5.32 Å². The van der Waals surface area contributed by atoms with Gasteiger partial charge in [0.2, 0.25) is 5.91 Å². The van der Waals surface area contributed by atoms with Crippen LogP contribution in [0.2, 0.25) is 0 Å². The number of fused-ring (bicyclic) bond motifs is 1. The highest BCUT2D eigenvalue weighted by Gasteiger charge is 2.24. The van der Waals surface area contributed by atoms with Crippen molar-refractivity contribution in [3.05, 3.63) is 27.7 Å². The zero-order valence-electron chi connectivity index (χ0n) is 11.6. The topological polar surface area (TPSA) is 92.1 Å². The minimum atomic E-state index is -1.05. The second kappa shape index (κ2) is 7.33. The van der Waals surface area contributed by atoms with E-state index < -0.39 is 17.8 Å². The Labute approximate surface area is 139 Å². The molecule has 0 aliphatic heterocycles. The van der Waals surface area contributed by atoms with Gasteiger partial charge >= 0.3 is 5.97 Å². The maximum absolute atomic E-state index is 12.0. The van der Waals surface area contributed by atoms with Crippen LogP contribution in [0.5, 0.6) is 0 Å². The molecule has 1 N–H and O–H groups in total. The predicted molar refractivity (Wildman–Crippen MR) is 85.3 cm³/mol. The molecule has 1 amide bonds. The average molecular weight is 382 g/mol. The highest BCUT2D eigenvalue weighted by molar-refractivity contribution is 9.10. The molecule has 0 radical (unpaired) electrons. The molecule has 114 valence electrons. The Morgan fingerprint density at radius 3 is 3.00 bits per heavy atom. The van der Waals surface area contributed by atoms with Gasteiger partial charge in [0.25, 0.3) is 0 Å². The van der Waals surface area contributed by atoms with Crippen molar-refractivity contribution in [1.82, 2.24) is 10.3 Å². The molecule has 1 heterocycles. The number of ether oxygens (including phenoxy) is 1. The van der Waals surface area contributed by atoms with E-state index in [-0.39, 0.29) is 13.2 Å². The van der Waals surface area contributed by atoms with E-state index in [1.807, 2.05) is 24.3 Å². The van der Waals surface area contributed by atoms with Gasteiger partial charge < -0.3 is 10.1 Å². The fraction of sp³-hybridized carbons (Fsp3) is 0.286. The van der Waals surface area contributed by atoms with Gasteiger partial charge in [-0.15, -0.1) is 11.3 Å². The molecule has 2 rings (SSSR count). The first-order valence-electron chi connectivity index (χ1n) is 6.44. The number of aromatic nitrogens is 1. The Balaban J connectivity index is 2.14. The van der Waals surface area contributed by atoms with Crippen LogP contribution in [0.1, 0.15) is 17.8 Å². The highest BCUT2D eigenvalue weighted by Crippen LogP contribution is 2.29. The minimum Gasteiger partial charge on any atom is -0.465 e. The van der Waals surface area contributed by atoms with E-state index in [2.05, 4.69) is 26.2 Å². The summed E-state index contributed by atoms with van der Waals surface area (Å²) < 4.78 is 6.49. The van der Waals surface area contributed by atoms with Gasteiger partial charge in [0.15, 0.2) is 5.92 Å². The van der Waals surface area contributed by atoms with E-state index in [1.54, 1.807) is 6.92 Å². The van der Waals surface area contributed by atoms with Crippen LogP contribution in [-0.2, 0) is 14.3 Å². The number of amides is 1. The van der Waals surface area contributed by atoms with Gasteiger partial charge in [-0.25, -0.2) is 4.98 Å². The Morgan fingerprint density at radius 2 is 2.32 bits per heavy atom. The maximum Gasteiger partial charge on any atom is 0.325 e. The smallest absolute Gasteiger partial charge is 0.325 e. The first kappa shape index (κ1) is 16.4. The van der Waals surface area contributed by atoms with E-state index in [0.29, 0.717) is 5.01 Å². The number of hydrogen-bond donors (Lipinski definition) is 1. The molecule has 0 fully saturated rings. The molecule has 0 spiro atoms. The Morgan fingerprint density at radius 1 is 1.55 bits per heavy atom. The Kier molecular flexibility index (Phi) is 5.46. The molecular formula is C14H12BrN3O3S. The Bertz CT molecular complexity index is 753. The lowest BCUT2D eigenvalue weighted by molar-refractivity contribution is -0.143. The number of nitrogens with one attached hydrogen (secondary N) is 1. The molecule has 6 nitrogen and oxygen atoms in total. The molecule has 0 bridgehead atoms. The number of benzene rings is 1. The van der Waals surface area contributed by atoms with E-state index in [4.69, 9.17) is 4.74 Å². The summed E-state index contributed by atoms with van der Waals surface area (Å²) in [4.78, 5) is 27.6. The molecule has 1 atom stereocenters. The van der Waals surface area contributed by atoms with Gasteiger partial charge in [0, 0.05) is 4.47 Å². The van der Waals surface area contributed by atoms with Crippen LogP contribution >= 0.6 is 27.3 Å². The summed E-state index contributed by atoms with van der Waals surface area (Å²) in [5, 5.41) is 12.0. The van der Waals surface area contributed by atoms with E-state index >= 15 is 0 Å². The third-order valence-corrected chi connectivity index (χ3v) is 4.29. The molecule has 2 aromatic rings. The zero-order chi connectivity index (χ0) is 16.1. The van der Waals surface area contributed by atoms with Crippen LogP contribution in [0.4, 0.5) is 0 Å². The monoisotopic (exact) mass is 381 g/mol. The number of nitriles is 1. The van der Waals surface area contributed by atoms with Gasteiger partial charge in [-0.1, -0.05) is 15.9 Å². The van der Waals surface area contributed by atoms with Gasteiger partial charge in [0.1, 0.15) is 11.6 Å². The van der Waals surface area contributed by atoms with Crippen molar-refractivity contribution in [2.24, 2.45) is 0 Å². The number of carbonyl (C=O) groups excluding carboxylic acids is 2. The summed E-state index contributed by atoms with van der Waals surface area (Å²) >= 11 is 4.64. The van der Waals surface area contributed by atoms with Crippen molar-refractivity contribution in [1.29, 1.82) is 5.26 Å². The van der Waals surface area contributed by atoms with Crippen LogP contribution in [0.3, 0.4) is 0 Å². The molecule has 8 heteroatoms. The normalized spacial score (nSPS) is 11.7. The molecule has 0 saturated heterocycles. The number of carbonyl (C=O) groups is 2. The van der Waals surface area contributed by atoms with Gasteiger partial charge in [-0.05, 0) is 25.1 Å². The number of rotatable bonds is 5. The Hall–Kier alpha value is -1.98. The third kappa shape index (κ3) is 3.81. The van der Waals surface area contributed by atoms with E-state index in [9.17, 15) is 14.9 Å². The van der Waals surface area contributed by atoms with E-state index in [0.717, 1.165) is 14.7 Å². The largest absolute Gasteiger partial charge is 0.465 e. The van der Waals surface area contributed by atoms with Gasteiger partial charge in [-0.2, -0.15) is 5.26 Å². The number of hydrogen-bond acceptors (Lipinski definition) is 6. The maximum atomic E-state index is 12.0. The van der Waals surface area contributed by atoms with Gasteiger partial charge in [-0.3, -0.25) is 9.59 Å². The van der Waals surface area contributed by atoms with Crippen molar-refractivity contribution < 1.29 is 14.3 Å².